The van der Waals surface area contributed by atoms with Crippen LogP contribution in [0.25, 0.3) is 0 Å². The van der Waals surface area contributed by atoms with Crippen molar-refractivity contribution in [2.45, 2.75) is 70.9 Å². The van der Waals surface area contributed by atoms with Crippen molar-refractivity contribution in [3.05, 3.63) is 47.7 Å². The second-order valence-electron chi connectivity index (χ2n) is 7.29. The zero-order valence-electron chi connectivity index (χ0n) is 19.4. The van der Waals surface area contributed by atoms with Crippen LogP contribution in [0.2, 0.25) is 0 Å². The van der Waals surface area contributed by atoms with E-state index in [0.29, 0.717) is 0 Å². The van der Waals surface area contributed by atoms with E-state index in [9.17, 15) is 0 Å². The molecule has 0 saturated heterocycles. The summed E-state index contributed by atoms with van der Waals surface area (Å²) in [5.74, 6) is 0. The summed E-state index contributed by atoms with van der Waals surface area (Å²) < 4.78 is 22.7. The highest BCUT2D eigenvalue weighted by molar-refractivity contribution is 5.32. The lowest BCUT2D eigenvalue weighted by molar-refractivity contribution is -0.0263. The minimum atomic E-state index is -0.0326. The van der Waals surface area contributed by atoms with Crippen LogP contribution in [0.5, 0.6) is 0 Å². The molecular weight excluding hydrogens is 366 g/mol. The van der Waals surface area contributed by atoms with E-state index in [2.05, 4.69) is 38.2 Å². The molecule has 0 bridgehead atoms. The Morgan fingerprint density at radius 3 is 1.86 bits per heavy atom. The van der Waals surface area contributed by atoms with Gasteiger partial charge in [0.05, 0.1) is 24.4 Å². The summed E-state index contributed by atoms with van der Waals surface area (Å²) in [7, 11) is 6.93. The van der Waals surface area contributed by atoms with E-state index < -0.39 is 0 Å². The first-order valence-corrected chi connectivity index (χ1v) is 10.1. The molecule has 4 atom stereocenters. The zero-order valence-corrected chi connectivity index (χ0v) is 19.4. The van der Waals surface area contributed by atoms with Gasteiger partial charge in [-0.1, -0.05) is 23.8 Å². The van der Waals surface area contributed by atoms with Gasteiger partial charge in [0.25, 0.3) is 0 Å². The van der Waals surface area contributed by atoms with E-state index in [1.807, 2.05) is 25.2 Å². The molecule has 0 heterocycles. The smallest absolute Gasteiger partial charge is 0.0806 e. The van der Waals surface area contributed by atoms with Crippen molar-refractivity contribution in [2.24, 2.45) is 4.99 Å². The third-order valence-corrected chi connectivity index (χ3v) is 5.04. The Morgan fingerprint density at radius 2 is 1.38 bits per heavy atom. The average molecular weight is 408 g/mol. The first-order chi connectivity index (χ1) is 13.8. The highest BCUT2D eigenvalue weighted by Crippen LogP contribution is 2.22. The Labute approximate surface area is 178 Å². The summed E-state index contributed by atoms with van der Waals surface area (Å²) in [6.07, 6.45) is 11.3. The molecule has 5 nitrogen and oxygen atoms in total. The summed E-state index contributed by atoms with van der Waals surface area (Å²) in [6, 6.07) is 0. The summed E-state index contributed by atoms with van der Waals surface area (Å²) in [5, 5.41) is 0. The second-order valence-corrected chi connectivity index (χ2v) is 7.29. The fraction of sp³-hybridized carbons (Fsp3) is 0.625. The predicted molar refractivity (Wildman–Crippen MR) is 123 cm³/mol. The minimum absolute atomic E-state index is 0.0193. The maximum Gasteiger partial charge on any atom is 0.0806 e. The first kappa shape index (κ1) is 27.5. The van der Waals surface area contributed by atoms with Crippen LogP contribution in [-0.4, -0.2) is 59.6 Å². The van der Waals surface area contributed by atoms with Crippen LogP contribution in [0.4, 0.5) is 0 Å². The van der Waals surface area contributed by atoms with Crippen LogP contribution in [0.3, 0.4) is 0 Å². The molecule has 0 N–H and O–H groups in total. The fourth-order valence-corrected chi connectivity index (χ4v) is 3.15. The third kappa shape index (κ3) is 11.9. The number of rotatable bonds is 16. The number of methoxy groups -OCH3 is 4. The first-order valence-electron chi connectivity index (χ1n) is 10.1. The normalized spacial score (nSPS) is 17.6. The maximum absolute atomic E-state index is 5.75. The van der Waals surface area contributed by atoms with Gasteiger partial charge in [0.2, 0.25) is 0 Å². The van der Waals surface area contributed by atoms with Crippen molar-refractivity contribution in [3.8, 4) is 0 Å². The van der Waals surface area contributed by atoms with Gasteiger partial charge in [-0.25, -0.2) is 0 Å². The van der Waals surface area contributed by atoms with Gasteiger partial charge in [-0.05, 0) is 52.0 Å². The van der Waals surface area contributed by atoms with Crippen LogP contribution < -0.4 is 0 Å². The third-order valence-electron chi connectivity index (χ3n) is 5.04. The monoisotopic (exact) mass is 407 g/mol. The summed E-state index contributed by atoms with van der Waals surface area (Å²) in [4.78, 5) is 3.89. The van der Waals surface area contributed by atoms with E-state index in [1.54, 1.807) is 28.4 Å². The number of nitrogens with zero attached hydrogens (tertiary/aromatic N) is 1. The van der Waals surface area contributed by atoms with Crippen molar-refractivity contribution in [3.63, 3.8) is 0 Å². The molecule has 0 saturated carbocycles. The summed E-state index contributed by atoms with van der Waals surface area (Å²) in [6.45, 7) is 13.4. The van der Waals surface area contributed by atoms with E-state index in [1.165, 1.54) is 0 Å². The molecule has 29 heavy (non-hydrogen) atoms. The molecule has 166 valence electrons. The molecule has 0 fully saturated rings. The van der Waals surface area contributed by atoms with Crippen molar-refractivity contribution in [1.82, 2.24) is 0 Å². The standard InChI is InChI=1S/C24H41NO4/c1-10-11-21(26-6)15-22(27-7)16-23(28-8)17-24(29-9)19(3)14-18(2)12-13-20(4)25-5/h10,12-14,21-24H,1,5,11,15-17H2,2-4,6-9H3/b18-12+,19-14+,20-13-/t21-,22-,23-,24-/m0/s1. The number of ether oxygens (including phenoxy) is 4. The van der Waals surface area contributed by atoms with Crippen molar-refractivity contribution < 1.29 is 18.9 Å². The topological polar surface area (TPSA) is 49.3 Å². The second kappa shape index (κ2) is 16.3. The van der Waals surface area contributed by atoms with E-state index >= 15 is 0 Å². The average Bonchev–Trinajstić information content (AvgIpc) is 2.73. The fourth-order valence-electron chi connectivity index (χ4n) is 3.15. The molecule has 5 heteroatoms. The van der Waals surface area contributed by atoms with Crippen LogP contribution in [-0.2, 0) is 18.9 Å². The minimum Gasteiger partial charge on any atom is -0.381 e. The molecule has 0 aliphatic rings. The van der Waals surface area contributed by atoms with Crippen LogP contribution in [0, 0.1) is 0 Å². The zero-order chi connectivity index (χ0) is 22.2. The van der Waals surface area contributed by atoms with Crippen molar-refractivity contribution in [1.29, 1.82) is 0 Å². The number of hydrogen-bond donors (Lipinski definition) is 0. The number of aliphatic imine (C=N–C) groups is 1. The molecule has 0 aromatic carbocycles. The summed E-state index contributed by atoms with van der Waals surface area (Å²) in [5.41, 5.74) is 3.16. The lowest BCUT2D eigenvalue weighted by Gasteiger charge is -2.27. The number of allylic oxidation sites excluding steroid dienone is 5. The number of hydrogen-bond acceptors (Lipinski definition) is 5. The molecule has 0 unspecified atom stereocenters. The van der Waals surface area contributed by atoms with E-state index in [-0.39, 0.29) is 24.4 Å². The molecule has 0 amide bonds. The molecule has 0 aliphatic heterocycles. The van der Waals surface area contributed by atoms with Gasteiger partial charge in [0, 0.05) is 47.0 Å². The largest absolute Gasteiger partial charge is 0.381 e. The predicted octanol–water partition coefficient (Wildman–Crippen LogP) is 5.29. The van der Waals surface area contributed by atoms with Gasteiger partial charge in [-0.15, -0.1) is 6.58 Å². The summed E-state index contributed by atoms with van der Waals surface area (Å²) >= 11 is 0. The highest BCUT2D eigenvalue weighted by Gasteiger charge is 2.23. The van der Waals surface area contributed by atoms with Gasteiger partial charge < -0.3 is 18.9 Å². The van der Waals surface area contributed by atoms with Crippen molar-refractivity contribution in [2.75, 3.05) is 28.4 Å². The Kier molecular flexibility index (Phi) is 15.4. The Bertz CT molecular complexity index is 565. The highest BCUT2D eigenvalue weighted by atomic mass is 16.5. The molecule has 0 aliphatic carbocycles. The van der Waals surface area contributed by atoms with Crippen LogP contribution in [0.15, 0.2) is 52.7 Å². The van der Waals surface area contributed by atoms with Crippen LogP contribution in [0.1, 0.15) is 46.5 Å². The van der Waals surface area contributed by atoms with Crippen molar-refractivity contribution >= 4 is 6.72 Å². The van der Waals surface area contributed by atoms with E-state index in [0.717, 1.165) is 42.5 Å². The lowest BCUT2D eigenvalue weighted by Crippen LogP contribution is -2.30. The Hall–Kier alpha value is -1.53. The Balaban J connectivity index is 5.09. The molecule has 0 rings (SSSR count). The van der Waals surface area contributed by atoms with Gasteiger partial charge >= 0.3 is 0 Å². The molecule has 0 spiro atoms. The molecule has 0 radical (unpaired) electrons. The Morgan fingerprint density at radius 1 is 0.828 bits per heavy atom. The maximum atomic E-state index is 5.75. The van der Waals surface area contributed by atoms with Gasteiger partial charge in [0.15, 0.2) is 0 Å². The lowest BCUT2D eigenvalue weighted by atomic mass is 9.96. The SMILES string of the molecule is C=CC[C@@H](C[C@@H](C[C@@H](C[C@H](OC)/C(C)=C/C(C)=C/C=C(/C)N=C)OC)OC)OC. The van der Waals surface area contributed by atoms with Gasteiger partial charge in [-0.3, -0.25) is 4.99 Å². The quantitative estimate of drug-likeness (QED) is 0.198. The van der Waals surface area contributed by atoms with Gasteiger partial charge in [-0.2, -0.15) is 0 Å². The van der Waals surface area contributed by atoms with Gasteiger partial charge in [0.1, 0.15) is 0 Å². The van der Waals surface area contributed by atoms with Crippen LogP contribution >= 0.6 is 0 Å². The molecule has 0 aromatic heterocycles. The van der Waals surface area contributed by atoms with E-state index in [4.69, 9.17) is 18.9 Å². The molecule has 0 aromatic rings. The molecular formula is C24H41NO4.